The molecule has 13 rings (SSSR count). The summed E-state index contributed by atoms with van der Waals surface area (Å²) in [7, 11) is 0. The Morgan fingerprint density at radius 2 is 1.16 bits per heavy atom. The molecular weight excluding hydrogens is 913 g/mol. The van der Waals surface area contributed by atoms with Crippen molar-refractivity contribution in [2.24, 2.45) is 0 Å². The maximum absolute atomic E-state index is 9.96. The van der Waals surface area contributed by atoms with E-state index in [4.69, 9.17) is 19.3 Å². The van der Waals surface area contributed by atoms with E-state index in [0.29, 0.717) is 34.0 Å². The van der Waals surface area contributed by atoms with Crippen molar-refractivity contribution in [2.45, 2.75) is 66.1 Å². The van der Waals surface area contributed by atoms with Crippen molar-refractivity contribution < 1.29 is 28.5 Å². The summed E-state index contributed by atoms with van der Waals surface area (Å²) in [4.78, 5) is 4.87. The summed E-state index contributed by atoms with van der Waals surface area (Å²) in [6.45, 7) is 7.05. The molecular formula is C70H58N4O. The summed E-state index contributed by atoms with van der Waals surface area (Å²) in [5.74, 6) is 1.63. The Hall–Kier alpha value is -8.80. The van der Waals surface area contributed by atoms with Crippen LogP contribution in [0.1, 0.15) is 83.0 Å². The van der Waals surface area contributed by atoms with E-state index in [2.05, 4.69) is 70.6 Å². The quantitative estimate of drug-likeness (QED) is 0.123. The van der Waals surface area contributed by atoms with Crippen molar-refractivity contribution in [3.63, 3.8) is 0 Å². The van der Waals surface area contributed by atoms with Gasteiger partial charge in [0.2, 0.25) is 0 Å². The standard InChI is InChI=1S/C70H58N4O/c1-44-18-15-19-45(2)66(44)47-38-61-57-25-12-10-23-55(57)54-22-9-11-24-56(54)60-28-17-27-53(46-30-32-48(33-31-46)69(3,4)5)67(60)73-43-72(64(39-47)68(61)73)50-20-16-21-51(41-50)75-52-34-35-59-58-26-13-14-29-62(58)74(63(59)42-52)65-40-49(36-37-71-65)70(6,7)8/h9-42H,1-8H3/i1D3,2D3,9D,10D,11D,12D,22D,23D,24D,25D. The predicted octanol–water partition coefficient (Wildman–Crippen LogP) is 17.9. The SMILES string of the molecule is [2H]c1c([2H])c([2H])c2c(c1[2H])-c1cccc(-c3ccc(C(C)(C)C)cc3)c1-[n+]1[c-]n(-c3cccc(Oc4ccc5c6ccccc6n(-c6cc(C(C)(C)C)ccn6)c5c4)c3)c3cc(-c4c(C([2H])([2H])[2H])cccc4C([2H])([2H])[2H])cc(c31)-c1c([2H])c([2H])c([2H])c([2H])c1-2. The summed E-state index contributed by atoms with van der Waals surface area (Å²) in [5, 5.41) is 2.01. The molecule has 0 bridgehead atoms. The molecule has 0 spiro atoms. The molecule has 3 aromatic heterocycles. The van der Waals surface area contributed by atoms with Crippen molar-refractivity contribution in [1.29, 1.82) is 0 Å². The molecule has 5 nitrogen and oxygen atoms in total. The van der Waals surface area contributed by atoms with E-state index >= 15 is 0 Å². The van der Waals surface area contributed by atoms with E-state index in [0.717, 1.165) is 38.8 Å². The molecule has 0 atom stereocenters. The number of hydrogen-bond acceptors (Lipinski definition) is 2. The number of rotatable bonds is 6. The monoisotopic (exact) mass is 985 g/mol. The lowest BCUT2D eigenvalue weighted by Crippen LogP contribution is -2.32. The molecule has 0 saturated heterocycles. The number of pyridine rings is 1. The van der Waals surface area contributed by atoms with Gasteiger partial charge in [-0.3, -0.25) is 13.7 Å². The Kier molecular flexibility index (Phi) is 7.69. The fraction of sp³-hybridized carbons (Fsp3) is 0.143. The highest BCUT2D eigenvalue weighted by atomic mass is 16.5. The van der Waals surface area contributed by atoms with Gasteiger partial charge in [0.15, 0.2) is 0 Å². The first kappa shape index (κ1) is 33.1. The summed E-state index contributed by atoms with van der Waals surface area (Å²) >= 11 is 0. The zero-order valence-electron chi connectivity index (χ0n) is 56.2. The number of aromatic nitrogens is 4. The van der Waals surface area contributed by atoms with Crippen molar-refractivity contribution >= 4 is 32.8 Å². The van der Waals surface area contributed by atoms with Crippen LogP contribution >= 0.6 is 0 Å². The predicted molar refractivity (Wildman–Crippen MR) is 310 cm³/mol. The van der Waals surface area contributed by atoms with Gasteiger partial charge in [0, 0.05) is 31.3 Å². The number of fused-ring (bicyclic) bond motifs is 10. The van der Waals surface area contributed by atoms with Crippen LogP contribution in [0.15, 0.2) is 206 Å². The van der Waals surface area contributed by atoms with Gasteiger partial charge in [-0.05, 0) is 157 Å². The van der Waals surface area contributed by atoms with Crippen molar-refractivity contribution in [2.75, 3.05) is 0 Å². The number of benzene rings is 9. The molecule has 0 fully saturated rings. The van der Waals surface area contributed by atoms with E-state index in [1.54, 1.807) is 45.5 Å². The highest BCUT2D eigenvalue weighted by molar-refractivity contribution is 6.09. The van der Waals surface area contributed by atoms with Crippen LogP contribution in [0, 0.1) is 20.0 Å². The Morgan fingerprint density at radius 3 is 1.88 bits per heavy atom. The van der Waals surface area contributed by atoms with Crippen LogP contribution in [0.3, 0.4) is 0 Å². The Balaban J connectivity index is 1.15. The van der Waals surface area contributed by atoms with Gasteiger partial charge in [0.25, 0.3) is 6.33 Å². The van der Waals surface area contributed by atoms with Crippen LogP contribution in [0.2, 0.25) is 0 Å². The van der Waals surface area contributed by atoms with Gasteiger partial charge in [-0.2, -0.15) is 0 Å². The second kappa shape index (κ2) is 17.4. The lowest BCUT2D eigenvalue weighted by Gasteiger charge is -2.21. The molecule has 4 heterocycles. The van der Waals surface area contributed by atoms with Gasteiger partial charge < -0.3 is 4.74 Å². The van der Waals surface area contributed by atoms with Gasteiger partial charge in [-0.25, -0.2) is 4.98 Å². The molecule has 0 unspecified atom stereocenters. The number of aryl methyl sites for hydroxylation is 2. The van der Waals surface area contributed by atoms with Crippen LogP contribution in [-0.4, -0.2) is 14.1 Å². The number of imidazole rings is 1. The zero-order chi connectivity index (χ0) is 63.3. The van der Waals surface area contributed by atoms with Crippen LogP contribution in [-0.2, 0) is 10.8 Å². The minimum absolute atomic E-state index is 0.0501. The van der Waals surface area contributed by atoms with E-state index in [-0.39, 0.29) is 77.5 Å². The number of nitrogens with zero attached hydrogens (tertiary/aromatic N) is 4. The van der Waals surface area contributed by atoms with Crippen LogP contribution in [0.25, 0.3) is 106 Å². The summed E-state index contributed by atoms with van der Waals surface area (Å²) < 4.78 is 142. The number of hydrogen-bond donors (Lipinski definition) is 0. The lowest BCUT2D eigenvalue weighted by atomic mass is 9.85. The third kappa shape index (κ3) is 7.76. The minimum atomic E-state index is -2.88. The molecule has 12 aromatic rings. The van der Waals surface area contributed by atoms with Crippen molar-refractivity contribution in [3.8, 4) is 84.3 Å². The summed E-state index contributed by atoms with van der Waals surface area (Å²) in [5.41, 5.74) is 5.11. The van der Waals surface area contributed by atoms with Gasteiger partial charge in [-0.15, -0.1) is 0 Å². The first-order valence-electron chi connectivity index (χ1n) is 32.0. The first-order valence-corrected chi connectivity index (χ1v) is 25.0. The van der Waals surface area contributed by atoms with Gasteiger partial charge in [0.05, 0.1) is 44.4 Å². The van der Waals surface area contributed by atoms with E-state index in [1.807, 2.05) is 79.0 Å². The minimum Gasteiger partial charge on any atom is -0.458 e. The number of ether oxygens (including phenoxy) is 1. The van der Waals surface area contributed by atoms with Gasteiger partial charge >= 0.3 is 0 Å². The third-order valence-electron chi connectivity index (χ3n) is 14.4. The molecule has 0 aliphatic carbocycles. The second-order valence-corrected chi connectivity index (χ2v) is 21.2. The molecule has 0 N–H and O–H groups in total. The zero-order valence-corrected chi connectivity index (χ0v) is 42.2. The second-order valence-electron chi connectivity index (χ2n) is 21.2. The van der Waals surface area contributed by atoms with Crippen LogP contribution < -0.4 is 9.30 Å². The molecule has 1 aliphatic heterocycles. The van der Waals surface area contributed by atoms with Crippen molar-refractivity contribution in [3.05, 3.63) is 235 Å². The third-order valence-corrected chi connectivity index (χ3v) is 14.4. The lowest BCUT2D eigenvalue weighted by molar-refractivity contribution is -0.570. The topological polar surface area (TPSA) is 35.9 Å². The normalized spacial score (nSPS) is 15.3. The maximum Gasteiger partial charge on any atom is 0.269 e. The fourth-order valence-electron chi connectivity index (χ4n) is 10.6. The molecule has 0 amide bonds. The van der Waals surface area contributed by atoms with Gasteiger partial charge in [-0.1, -0.05) is 181 Å². The molecule has 364 valence electrons. The summed E-state index contributed by atoms with van der Waals surface area (Å²) in [6, 6.07) is 41.2. The Morgan fingerprint density at radius 1 is 0.520 bits per heavy atom. The van der Waals surface area contributed by atoms with E-state index in [1.165, 1.54) is 24.3 Å². The first-order chi connectivity index (χ1) is 42.0. The fourth-order valence-corrected chi connectivity index (χ4v) is 10.6. The highest BCUT2D eigenvalue weighted by Gasteiger charge is 2.28. The smallest absolute Gasteiger partial charge is 0.269 e. The molecule has 0 radical (unpaired) electrons. The maximum atomic E-state index is 9.96. The van der Waals surface area contributed by atoms with Gasteiger partial charge in [0.1, 0.15) is 17.3 Å². The van der Waals surface area contributed by atoms with Crippen molar-refractivity contribution in [1.82, 2.24) is 14.1 Å². The molecule has 75 heavy (non-hydrogen) atoms. The van der Waals surface area contributed by atoms with Crippen LogP contribution in [0.4, 0.5) is 0 Å². The summed E-state index contributed by atoms with van der Waals surface area (Å²) in [6.07, 6.45) is 5.45. The largest absolute Gasteiger partial charge is 0.458 e. The average Bonchev–Trinajstić information content (AvgIpc) is 1.62. The Bertz CT molecular complexity index is 4930. The average molecular weight is 985 g/mol. The highest BCUT2D eigenvalue weighted by Crippen LogP contribution is 2.47. The van der Waals surface area contributed by atoms with E-state index in [9.17, 15) is 9.60 Å². The molecule has 5 heteroatoms. The molecule has 1 aliphatic rings. The number of para-hydroxylation sites is 2. The molecule has 9 aromatic carbocycles. The Labute approximate surface area is 459 Å². The van der Waals surface area contributed by atoms with E-state index < -0.39 is 62.0 Å². The molecule has 0 saturated carbocycles. The van der Waals surface area contributed by atoms with Crippen LogP contribution in [0.5, 0.6) is 11.5 Å².